The Morgan fingerprint density at radius 2 is 1.96 bits per heavy atom. The molecular weight excluding hydrogens is 358 g/mol. The zero-order valence-corrected chi connectivity index (χ0v) is 15.2. The van der Waals surface area contributed by atoms with Crippen LogP contribution in [0.4, 0.5) is 11.6 Å². The van der Waals surface area contributed by atoms with Gasteiger partial charge < -0.3 is 11.1 Å². The lowest BCUT2D eigenvalue weighted by atomic mass is 10.2. The van der Waals surface area contributed by atoms with Gasteiger partial charge in [0, 0.05) is 29.6 Å². The highest BCUT2D eigenvalue weighted by Gasteiger charge is 2.12. The van der Waals surface area contributed by atoms with Crippen molar-refractivity contribution in [1.82, 2.24) is 24.7 Å². The van der Waals surface area contributed by atoms with Crippen molar-refractivity contribution in [3.05, 3.63) is 70.0 Å². The van der Waals surface area contributed by atoms with E-state index in [9.17, 15) is 9.59 Å². The standard InChI is InChI=1S/C19H17N7O2/c1-10-6-17(23-11(2)22-10)24-16-8-15-14(9-21-16)19(28)25-26(15)13-5-3-4-12(7-13)18(20)27/h3-9H,1-2H3,(H2,20,27)(H,25,28)(H,21,22,23,24). The van der Waals surface area contributed by atoms with Gasteiger partial charge in [-0.3, -0.25) is 19.4 Å². The molecule has 0 atom stereocenters. The fourth-order valence-electron chi connectivity index (χ4n) is 3.01. The Morgan fingerprint density at radius 3 is 2.71 bits per heavy atom. The SMILES string of the molecule is Cc1cc(Nc2cc3c(cn2)c(=O)[nH]n3-c2cccc(C(N)=O)c2)nc(C)n1. The molecule has 4 rings (SSSR count). The monoisotopic (exact) mass is 375 g/mol. The van der Waals surface area contributed by atoms with Crippen LogP contribution in [0.2, 0.25) is 0 Å². The van der Waals surface area contributed by atoms with Crippen LogP contribution >= 0.6 is 0 Å². The number of primary amides is 1. The van der Waals surface area contributed by atoms with E-state index in [4.69, 9.17) is 5.73 Å². The summed E-state index contributed by atoms with van der Waals surface area (Å²) in [5.74, 6) is 1.23. The van der Waals surface area contributed by atoms with Gasteiger partial charge in [-0.2, -0.15) is 0 Å². The number of aromatic nitrogens is 5. The number of hydrogen-bond donors (Lipinski definition) is 3. The molecule has 0 aliphatic carbocycles. The largest absolute Gasteiger partial charge is 0.366 e. The number of aromatic amines is 1. The van der Waals surface area contributed by atoms with Crippen LogP contribution in [-0.2, 0) is 0 Å². The minimum Gasteiger partial charge on any atom is -0.366 e. The Bertz CT molecular complexity index is 1250. The van der Waals surface area contributed by atoms with Crippen LogP contribution in [0, 0.1) is 13.8 Å². The van der Waals surface area contributed by atoms with E-state index >= 15 is 0 Å². The number of nitrogens with one attached hydrogen (secondary N) is 2. The van der Waals surface area contributed by atoms with Gasteiger partial charge in [0.25, 0.3) is 5.56 Å². The summed E-state index contributed by atoms with van der Waals surface area (Å²) in [5.41, 5.74) is 7.46. The highest BCUT2D eigenvalue weighted by molar-refractivity contribution is 5.93. The summed E-state index contributed by atoms with van der Waals surface area (Å²) in [5, 5.41) is 6.31. The second-order valence-electron chi connectivity index (χ2n) is 6.34. The first-order valence-electron chi connectivity index (χ1n) is 8.51. The van der Waals surface area contributed by atoms with E-state index in [0.717, 1.165) is 5.69 Å². The number of fused-ring (bicyclic) bond motifs is 1. The van der Waals surface area contributed by atoms with E-state index in [-0.39, 0.29) is 5.56 Å². The zero-order chi connectivity index (χ0) is 19.8. The number of anilines is 2. The molecule has 1 aromatic carbocycles. The topological polar surface area (TPSA) is 132 Å². The van der Waals surface area contributed by atoms with E-state index in [2.05, 4.69) is 25.4 Å². The third-order valence-electron chi connectivity index (χ3n) is 4.19. The molecule has 28 heavy (non-hydrogen) atoms. The smallest absolute Gasteiger partial charge is 0.273 e. The van der Waals surface area contributed by atoms with Gasteiger partial charge in [-0.05, 0) is 32.0 Å². The summed E-state index contributed by atoms with van der Waals surface area (Å²) >= 11 is 0. The Labute approximate surface area is 159 Å². The molecule has 3 aromatic heterocycles. The van der Waals surface area contributed by atoms with Crippen molar-refractivity contribution in [2.45, 2.75) is 13.8 Å². The molecule has 140 valence electrons. The maximum absolute atomic E-state index is 12.3. The number of hydrogen-bond acceptors (Lipinski definition) is 6. The first kappa shape index (κ1) is 17.4. The molecule has 4 aromatic rings. The zero-order valence-electron chi connectivity index (χ0n) is 15.2. The minimum absolute atomic E-state index is 0.285. The number of H-pyrrole nitrogens is 1. The molecule has 0 bridgehead atoms. The second kappa shape index (κ2) is 6.62. The molecule has 0 saturated heterocycles. The number of pyridine rings is 1. The molecule has 0 radical (unpaired) electrons. The summed E-state index contributed by atoms with van der Waals surface area (Å²) in [6.07, 6.45) is 1.49. The average Bonchev–Trinajstić information content (AvgIpc) is 2.97. The van der Waals surface area contributed by atoms with E-state index in [1.54, 1.807) is 41.1 Å². The average molecular weight is 375 g/mol. The molecule has 0 saturated carbocycles. The lowest BCUT2D eigenvalue weighted by Gasteiger charge is -2.08. The lowest BCUT2D eigenvalue weighted by Crippen LogP contribution is -2.12. The Kier molecular flexibility index (Phi) is 4.11. The summed E-state index contributed by atoms with van der Waals surface area (Å²) in [6.45, 7) is 3.69. The number of amides is 1. The van der Waals surface area contributed by atoms with Crippen LogP contribution in [0.1, 0.15) is 21.9 Å². The first-order chi connectivity index (χ1) is 13.4. The van der Waals surface area contributed by atoms with Crippen molar-refractivity contribution in [3.8, 4) is 5.69 Å². The van der Waals surface area contributed by atoms with Crippen molar-refractivity contribution < 1.29 is 4.79 Å². The van der Waals surface area contributed by atoms with E-state index < -0.39 is 5.91 Å². The highest BCUT2D eigenvalue weighted by Crippen LogP contribution is 2.20. The number of nitrogens with zero attached hydrogens (tertiary/aromatic N) is 4. The summed E-state index contributed by atoms with van der Waals surface area (Å²) < 4.78 is 1.59. The molecule has 9 nitrogen and oxygen atoms in total. The van der Waals surface area contributed by atoms with Crippen LogP contribution in [0.25, 0.3) is 16.6 Å². The second-order valence-corrected chi connectivity index (χ2v) is 6.34. The lowest BCUT2D eigenvalue weighted by molar-refractivity contribution is 0.1000. The minimum atomic E-state index is -0.542. The Morgan fingerprint density at radius 1 is 1.14 bits per heavy atom. The first-order valence-corrected chi connectivity index (χ1v) is 8.51. The third-order valence-corrected chi connectivity index (χ3v) is 4.19. The quantitative estimate of drug-likeness (QED) is 0.500. The number of nitrogens with two attached hydrogens (primary N) is 1. The highest BCUT2D eigenvalue weighted by atomic mass is 16.1. The van der Waals surface area contributed by atoms with Crippen LogP contribution in [-0.4, -0.2) is 30.6 Å². The fraction of sp³-hybridized carbons (Fsp3) is 0.105. The molecule has 9 heteroatoms. The number of rotatable bonds is 4. The predicted molar refractivity (Wildman–Crippen MR) is 105 cm³/mol. The van der Waals surface area contributed by atoms with Crippen LogP contribution < -0.4 is 16.6 Å². The maximum atomic E-state index is 12.3. The maximum Gasteiger partial charge on any atom is 0.273 e. The predicted octanol–water partition coefficient (Wildman–Crippen LogP) is 1.96. The van der Waals surface area contributed by atoms with Crippen molar-refractivity contribution >= 4 is 28.4 Å². The molecule has 4 N–H and O–H groups in total. The molecule has 0 aliphatic rings. The van der Waals surface area contributed by atoms with E-state index in [1.165, 1.54) is 6.20 Å². The van der Waals surface area contributed by atoms with Crippen molar-refractivity contribution in [3.63, 3.8) is 0 Å². The number of aryl methyl sites for hydroxylation is 2. The molecule has 0 unspecified atom stereocenters. The van der Waals surface area contributed by atoms with Gasteiger partial charge in [-0.25, -0.2) is 15.0 Å². The van der Waals surface area contributed by atoms with Crippen LogP contribution in [0.15, 0.2) is 47.4 Å². The van der Waals surface area contributed by atoms with E-state index in [1.807, 2.05) is 13.8 Å². The Hall–Kier alpha value is -4.01. The van der Waals surface area contributed by atoms with Crippen LogP contribution in [0.5, 0.6) is 0 Å². The van der Waals surface area contributed by atoms with Gasteiger partial charge in [0.2, 0.25) is 5.91 Å². The van der Waals surface area contributed by atoms with Gasteiger partial charge in [-0.1, -0.05) is 6.07 Å². The molecule has 1 amide bonds. The van der Waals surface area contributed by atoms with E-state index in [0.29, 0.717) is 39.6 Å². The number of carbonyl (C=O) groups excluding carboxylic acids is 1. The summed E-state index contributed by atoms with van der Waals surface area (Å²) in [6, 6.07) is 10.2. The Balaban J connectivity index is 1.81. The normalized spacial score (nSPS) is 10.9. The van der Waals surface area contributed by atoms with Crippen molar-refractivity contribution in [2.24, 2.45) is 5.73 Å². The molecule has 0 aliphatic heterocycles. The number of carbonyl (C=O) groups is 1. The van der Waals surface area contributed by atoms with Gasteiger partial charge in [0.05, 0.1) is 16.6 Å². The van der Waals surface area contributed by atoms with Crippen LogP contribution in [0.3, 0.4) is 0 Å². The van der Waals surface area contributed by atoms with Gasteiger partial charge in [-0.15, -0.1) is 0 Å². The summed E-state index contributed by atoms with van der Waals surface area (Å²) in [7, 11) is 0. The van der Waals surface area contributed by atoms with Gasteiger partial charge >= 0.3 is 0 Å². The summed E-state index contributed by atoms with van der Waals surface area (Å²) in [4.78, 5) is 36.7. The van der Waals surface area contributed by atoms with Gasteiger partial charge in [0.1, 0.15) is 17.5 Å². The van der Waals surface area contributed by atoms with Crippen molar-refractivity contribution in [2.75, 3.05) is 5.32 Å². The molecule has 3 heterocycles. The molecular formula is C19H17N7O2. The van der Waals surface area contributed by atoms with Crippen molar-refractivity contribution in [1.29, 1.82) is 0 Å². The molecule has 0 spiro atoms. The molecule has 0 fully saturated rings. The third kappa shape index (κ3) is 3.20. The van der Waals surface area contributed by atoms with Gasteiger partial charge in [0.15, 0.2) is 0 Å². The number of benzene rings is 1. The fourth-order valence-corrected chi connectivity index (χ4v) is 3.01.